The Balaban J connectivity index is 3.36. The van der Waals surface area contributed by atoms with Crippen LogP contribution in [-0.2, 0) is 5.92 Å². The fourth-order valence-corrected chi connectivity index (χ4v) is 1.93. The lowest BCUT2D eigenvalue weighted by Crippen LogP contribution is -2.17. The van der Waals surface area contributed by atoms with Crippen LogP contribution in [0.25, 0.3) is 0 Å². The van der Waals surface area contributed by atoms with Gasteiger partial charge in [0.1, 0.15) is 5.01 Å². The minimum absolute atomic E-state index is 0.366. The van der Waals surface area contributed by atoms with Crippen LogP contribution in [0.3, 0.4) is 0 Å². The van der Waals surface area contributed by atoms with Crippen LogP contribution in [0.2, 0.25) is 0 Å². The Morgan fingerprint density at radius 3 is 2.44 bits per heavy atom. The molecule has 0 saturated carbocycles. The van der Waals surface area contributed by atoms with E-state index in [9.17, 15) is 13.2 Å². The Bertz CT molecular complexity index is 520. The molecule has 0 unspecified atom stereocenters. The predicted octanol–water partition coefficient (Wildman–Crippen LogP) is 4.49. The van der Waals surface area contributed by atoms with Crippen LogP contribution in [0.15, 0.2) is 35.2 Å². The van der Waals surface area contributed by atoms with E-state index in [-0.39, 0.29) is 0 Å². The summed E-state index contributed by atoms with van der Waals surface area (Å²) < 4.78 is 41.8. The number of allylic oxidation sites excluding steroid dienone is 5. The Morgan fingerprint density at radius 2 is 2.06 bits per heavy atom. The van der Waals surface area contributed by atoms with Gasteiger partial charge in [0.05, 0.1) is 10.6 Å². The van der Waals surface area contributed by atoms with E-state index in [1.807, 2.05) is 0 Å². The van der Waals surface area contributed by atoms with E-state index in [2.05, 4.69) is 16.8 Å². The van der Waals surface area contributed by atoms with Crippen LogP contribution in [0.5, 0.6) is 0 Å². The first-order valence-electron chi connectivity index (χ1n) is 4.87. The summed E-state index contributed by atoms with van der Waals surface area (Å²) >= 11 is 6.19. The van der Waals surface area contributed by atoms with Crippen molar-refractivity contribution in [1.82, 2.24) is 10.2 Å². The molecule has 0 aliphatic carbocycles. The maximum absolute atomic E-state index is 14.0. The summed E-state index contributed by atoms with van der Waals surface area (Å²) in [5.74, 6) is -4.83. The first-order chi connectivity index (χ1) is 8.34. The maximum atomic E-state index is 14.0. The van der Waals surface area contributed by atoms with Gasteiger partial charge in [-0.15, -0.1) is 10.2 Å². The number of alkyl halides is 2. The number of aryl methyl sites for hydroxylation is 1. The highest BCUT2D eigenvalue weighted by molar-refractivity contribution is 7.11. The molecule has 0 spiro atoms. The summed E-state index contributed by atoms with van der Waals surface area (Å²) in [6.07, 6.45) is 1.92. The number of hydrogen-bond donors (Lipinski definition) is 0. The van der Waals surface area contributed by atoms with Gasteiger partial charge in [-0.3, -0.25) is 0 Å². The Morgan fingerprint density at radius 1 is 1.44 bits per heavy atom. The van der Waals surface area contributed by atoms with Crippen LogP contribution >= 0.6 is 22.9 Å². The van der Waals surface area contributed by atoms with Crippen molar-refractivity contribution >= 4 is 22.9 Å². The summed E-state index contributed by atoms with van der Waals surface area (Å²) in [6, 6.07) is 0. The van der Waals surface area contributed by atoms with E-state index in [4.69, 9.17) is 11.6 Å². The molecule has 0 radical (unpaired) electrons. The minimum Gasteiger partial charge on any atom is -0.205 e. The first kappa shape index (κ1) is 14.9. The largest absolute Gasteiger partial charge is 0.328 e. The molecule has 0 N–H and O–H groups in total. The van der Waals surface area contributed by atoms with E-state index in [1.54, 1.807) is 0 Å². The van der Waals surface area contributed by atoms with Gasteiger partial charge in [0.25, 0.3) is 0 Å². The predicted molar refractivity (Wildman–Crippen MR) is 66.5 cm³/mol. The SMILES string of the molecule is C=C/C(=C(F)\C(Cl)=C/C)C(F)(F)c1nnc(C)s1. The van der Waals surface area contributed by atoms with Crippen LogP contribution in [0.4, 0.5) is 13.2 Å². The third-order valence-electron chi connectivity index (χ3n) is 2.04. The van der Waals surface area contributed by atoms with Crippen LogP contribution < -0.4 is 0 Å². The fourth-order valence-electron chi connectivity index (χ4n) is 1.15. The van der Waals surface area contributed by atoms with Gasteiger partial charge < -0.3 is 0 Å². The lowest BCUT2D eigenvalue weighted by Gasteiger charge is -2.15. The molecule has 1 aromatic heterocycles. The monoisotopic (exact) mass is 294 g/mol. The quantitative estimate of drug-likeness (QED) is 0.765. The Kier molecular flexibility index (Phi) is 4.70. The van der Waals surface area contributed by atoms with E-state index >= 15 is 0 Å². The van der Waals surface area contributed by atoms with Gasteiger partial charge in [-0.25, -0.2) is 4.39 Å². The lowest BCUT2D eigenvalue weighted by atomic mass is 10.1. The molecule has 98 valence electrons. The van der Waals surface area contributed by atoms with Gasteiger partial charge in [0.2, 0.25) is 0 Å². The molecule has 7 heteroatoms. The van der Waals surface area contributed by atoms with Gasteiger partial charge in [-0.05, 0) is 13.8 Å². The standard InChI is InChI=1S/C11H10ClF3N2S/c1-4-7(9(13)8(12)5-2)11(14,15)10-17-16-6(3)18-10/h4-5H,1H2,2-3H3/b8-5+,9-7-. The molecule has 1 aromatic rings. The second kappa shape index (κ2) is 5.67. The van der Waals surface area contributed by atoms with Gasteiger partial charge in [0, 0.05) is 0 Å². The highest BCUT2D eigenvalue weighted by Crippen LogP contribution is 2.41. The van der Waals surface area contributed by atoms with Gasteiger partial charge >= 0.3 is 5.92 Å². The summed E-state index contributed by atoms with van der Waals surface area (Å²) in [5, 5.41) is 6.19. The zero-order chi connectivity index (χ0) is 13.9. The second-order valence-corrected chi connectivity index (χ2v) is 4.86. The van der Waals surface area contributed by atoms with Crippen molar-refractivity contribution in [2.45, 2.75) is 19.8 Å². The zero-order valence-corrected chi connectivity index (χ0v) is 11.2. The molecule has 0 atom stereocenters. The number of aromatic nitrogens is 2. The van der Waals surface area contributed by atoms with Crippen molar-refractivity contribution in [2.75, 3.05) is 0 Å². The smallest absolute Gasteiger partial charge is 0.205 e. The first-order valence-corrected chi connectivity index (χ1v) is 6.07. The fraction of sp³-hybridized carbons (Fsp3) is 0.273. The van der Waals surface area contributed by atoms with E-state index in [1.165, 1.54) is 19.9 Å². The Hall–Kier alpha value is -1.14. The summed E-state index contributed by atoms with van der Waals surface area (Å²) in [6.45, 7) is 6.16. The zero-order valence-electron chi connectivity index (χ0n) is 9.68. The molecule has 0 bridgehead atoms. The van der Waals surface area contributed by atoms with E-state index in [0.29, 0.717) is 16.3 Å². The molecule has 0 aliphatic rings. The molecule has 18 heavy (non-hydrogen) atoms. The normalized spacial score (nSPS) is 14.4. The third-order valence-corrected chi connectivity index (χ3v) is 3.33. The molecular weight excluding hydrogens is 285 g/mol. The lowest BCUT2D eigenvalue weighted by molar-refractivity contribution is 0.0386. The molecular formula is C11H10ClF3N2S. The number of rotatable bonds is 4. The van der Waals surface area contributed by atoms with Crippen molar-refractivity contribution in [3.05, 3.63) is 45.2 Å². The summed E-state index contributed by atoms with van der Waals surface area (Å²) in [7, 11) is 0. The molecule has 0 amide bonds. The average Bonchev–Trinajstić information content (AvgIpc) is 2.76. The summed E-state index contributed by atoms with van der Waals surface area (Å²) in [4.78, 5) is 0. The van der Waals surface area contributed by atoms with Gasteiger partial charge in [0.15, 0.2) is 10.8 Å². The molecule has 0 aromatic carbocycles. The third kappa shape index (κ3) is 2.81. The average molecular weight is 295 g/mol. The molecule has 2 nitrogen and oxygen atoms in total. The number of halogens is 4. The molecule has 1 heterocycles. The highest BCUT2D eigenvalue weighted by atomic mass is 35.5. The maximum Gasteiger partial charge on any atom is 0.328 e. The molecule has 0 aliphatic heterocycles. The van der Waals surface area contributed by atoms with Crippen molar-refractivity contribution < 1.29 is 13.2 Å². The van der Waals surface area contributed by atoms with Crippen LogP contribution in [0, 0.1) is 6.92 Å². The van der Waals surface area contributed by atoms with Crippen molar-refractivity contribution in [1.29, 1.82) is 0 Å². The van der Waals surface area contributed by atoms with Crippen LogP contribution in [0.1, 0.15) is 16.9 Å². The Labute approximate surface area is 111 Å². The van der Waals surface area contributed by atoms with Crippen molar-refractivity contribution in [2.24, 2.45) is 0 Å². The number of hydrogen-bond acceptors (Lipinski definition) is 3. The van der Waals surface area contributed by atoms with Gasteiger partial charge in [-0.1, -0.05) is 41.7 Å². The van der Waals surface area contributed by atoms with Crippen molar-refractivity contribution in [3.63, 3.8) is 0 Å². The highest BCUT2D eigenvalue weighted by Gasteiger charge is 2.41. The van der Waals surface area contributed by atoms with Crippen LogP contribution in [-0.4, -0.2) is 10.2 Å². The van der Waals surface area contributed by atoms with Crippen molar-refractivity contribution in [3.8, 4) is 0 Å². The van der Waals surface area contributed by atoms with Gasteiger partial charge in [-0.2, -0.15) is 8.78 Å². The molecule has 1 rings (SSSR count). The second-order valence-electron chi connectivity index (χ2n) is 3.27. The summed E-state index contributed by atoms with van der Waals surface area (Å²) in [5.41, 5.74) is -0.915. The van der Waals surface area contributed by atoms with E-state index in [0.717, 1.165) is 6.08 Å². The molecule has 0 saturated heterocycles. The number of nitrogens with zero attached hydrogens (tertiary/aromatic N) is 2. The topological polar surface area (TPSA) is 25.8 Å². The van der Waals surface area contributed by atoms with E-state index < -0.39 is 27.4 Å². The molecule has 0 fully saturated rings. The minimum atomic E-state index is -3.61.